The van der Waals surface area contributed by atoms with E-state index in [4.69, 9.17) is 5.21 Å². The van der Waals surface area contributed by atoms with Crippen LogP contribution in [-0.2, 0) is 0 Å². The van der Waals surface area contributed by atoms with Crippen LogP contribution in [-0.4, -0.2) is 16.5 Å². The molecule has 0 heterocycles. The highest BCUT2D eigenvalue weighted by atomic mass is 79.9. The van der Waals surface area contributed by atoms with Crippen LogP contribution in [0.2, 0.25) is 0 Å². The standard InChI is InChI=1S/C7H5Br2NO2/c8-5-1-4(3-10-12)2-6(9)7(5)11/h1-3,11-12H/b10-3+. The van der Waals surface area contributed by atoms with Crippen molar-refractivity contribution in [3.05, 3.63) is 26.6 Å². The summed E-state index contributed by atoms with van der Waals surface area (Å²) < 4.78 is 1.10. The molecule has 0 unspecified atom stereocenters. The average molecular weight is 295 g/mol. The number of halogens is 2. The van der Waals surface area contributed by atoms with Crippen LogP contribution in [0.3, 0.4) is 0 Å². The Labute approximate surface area is 86.0 Å². The normalized spacial score (nSPS) is 10.8. The fraction of sp³-hybridized carbons (Fsp3) is 0. The zero-order valence-electron chi connectivity index (χ0n) is 5.83. The molecule has 2 N–H and O–H groups in total. The smallest absolute Gasteiger partial charge is 0.143 e. The molecule has 0 fully saturated rings. The summed E-state index contributed by atoms with van der Waals surface area (Å²) in [6.45, 7) is 0. The van der Waals surface area contributed by atoms with Crippen LogP contribution in [0.5, 0.6) is 5.75 Å². The van der Waals surface area contributed by atoms with E-state index in [9.17, 15) is 5.11 Å². The minimum atomic E-state index is 0.130. The second kappa shape index (κ2) is 3.91. The van der Waals surface area contributed by atoms with Crippen LogP contribution in [0.4, 0.5) is 0 Å². The fourth-order valence-electron chi connectivity index (χ4n) is 0.726. The van der Waals surface area contributed by atoms with Crippen LogP contribution >= 0.6 is 31.9 Å². The van der Waals surface area contributed by atoms with E-state index in [0.29, 0.717) is 14.5 Å². The van der Waals surface area contributed by atoms with Crippen LogP contribution < -0.4 is 0 Å². The number of hydrogen-bond acceptors (Lipinski definition) is 3. The monoisotopic (exact) mass is 293 g/mol. The first-order valence-electron chi connectivity index (χ1n) is 3.00. The topological polar surface area (TPSA) is 52.8 Å². The predicted octanol–water partition coefficient (Wildman–Crippen LogP) is 2.73. The van der Waals surface area contributed by atoms with E-state index in [1.54, 1.807) is 12.1 Å². The number of nitrogens with zero attached hydrogens (tertiary/aromatic N) is 1. The Morgan fingerprint density at radius 3 is 2.17 bits per heavy atom. The van der Waals surface area contributed by atoms with Crippen LogP contribution in [0.1, 0.15) is 5.56 Å². The van der Waals surface area contributed by atoms with E-state index in [-0.39, 0.29) is 5.75 Å². The van der Waals surface area contributed by atoms with Gasteiger partial charge in [-0.15, -0.1) is 0 Å². The summed E-state index contributed by atoms with van der Waals surface area (Å²) >= 11 is 6.29. The van der Waals surface area contributed by atoms with Crippen molar-refractivity contribution in [2.45, 2.75) is 0 Å². The first-order valence-corrected chi connectivity index (χ1v) is 4.59. The minimum Gasteiger partial charge on any atom is -0.506 e. The first kappa shape index (κ1) is 9.54. The Hall–Kier alpha value is -0.550. The van der Waals surface area contributed by atoms with Gasteiger partial charge in [-0.1, -0.05) is 5.16 Å². The molecule has 0 bridgehead atoms. The third kappa shape index (κ3) is 1.98. The average Bonchev–Trinajstić information content (AvgIpc) is 2.01. The molecule has 0 aliphatic rings. The Bertz CT molecular complexity index is 302. The van der Waals surface area contributed by atoms with Crippen molar-refractivity contribution >= 4 is 38.1 Å². The summed E-state index contributed by atoms with van der Waals surface area (Å²) in [5.41, 5.74) is 0.689. The van der Waals surface area contributed by atoms with Gasteiger partial charge in [0, 0.05) is 0 Å². The number of rotatable bonds is 1. The van der Waals surface area contributed by atoms with Gasteiger partial charge in [0.2, 0.25) is 0 Å². The molecule has 0 saturated carbocycles. The van der Waals surface area contributed by atoms with Crippen molar-refractivity contribution in [1.29, 1.82) is 0 Å². The van der Waals surface area contributed by atoms with Gasteiger partial charge < -0.3 is 10.3 Å². The zero-order valence-corrected chi connectivity index (χ0v) is 9.00. The van der Waals surface area contributed by atoms with Crippen LogP contribution in [0, 0.1) is 0 Å². The van der Waals surface area contributed by atoms with Crippen LogP contribution in [0.15, 0.2) is 26.2 Å². The molecule has 0 spiro atoms. The van der Waals surface area contributed by atoms with Gasteiger partial charge in [0.05, 0.1) is 15.2 Å². The van der Waals surface area contributed by atoms with E-state index in [1.807, 2.05) is 0 Å². The van der Waals surface area contributed by atoms with Gasteiger partial charge in [0.25, 0.3) is 0 Å². The third-order valence-electron chi connectivity index (χ3n) is 1.25. The summed E-state index contributed by atoms with van der Waals surface area (Å²) in [5.74, 6) is 0.130. The molecule has 0 saturated heterocycles. The molecule has 1 rings (SSSR count). The molecule has 0 aliphatic heterocycles. The number of hydrogen-bond donors (Lipinski definition) is 2. The van der Waals surface area contributed by atoms with Gasteiger partial charge in [-0.2, -0.15) is 0 Å². The Balaban J connectivity index is 3.21. The van der Waals surface area contributed by atoms with E-state index in [2.05, 4.69) is 37.0 Å². The van der Waals surface area contributed by atoms with Gasteiger partial charge in [-0.25, -0.2) is 0 Å². The Kier molecular flexibility index (Phi) is 3.11. The number of oxime groups is 1. The molecule has 1 aromatic carbocycles. The number of aromatic hydroxyl groups is 1. The molecule has 0 aromatic heterocycles. The summed E-state index contributed by atoms with van der Waals surface area (Å²) in [6, 6.07) is 3.28. The molecule has 0 aliphatic carbocycles. The number of benzene rings is 1. The van der Waals surface area contributed by atoms with E-state index >= 15 is 0 Å². The van der Waals surface area contributed by atoms with Crippen molar-refractivity contribution in [2.75, 3.05) is 0 Å². The molecule has 0 amide bonds. The molecular weight excluding hydrogens is 290 g/mol. The van der Waals surface area contributed by atoms with Crippen molar-refractivity contribution in [3.8, 4) is 5.75 Å². The summed E-state index contributed by atoms with van der Waals surface area (Å²) in [6.07, 6.45) is 1.27. The Morgan fingerprint density at radius 1 is 1.25 bits per heavy atom. The van der Waals surface area contributed by atoms with Gasteiger partial charge >= 0.3 is 0 Å². The predicted molar refractivity (Wildman–Crippen MR) is 52.9 cm³/mol. The second-order valence-corrected chi connectivity index (χ2v) is 3.79. The highest BCUT2D eigenvalue weighted by molar-refractivity contribution is 9.11. The van der Waals surface area contributed by atoms with Gasteiger partial charge in [0.1, 0.15) is 5.75 Å². The largest absolute Gasteiger partial charge is 0.506 e. The summed E-state index contributed by atoms with van der Waals surface area (Å²) in [4.78, 5) is 0. The molecule has 12 heavy (non-hydrogen) atoms. The van der Waals surface area contributed by atoms with Crippen molar-refractivity contribution < 1.29 is 10.3 Å². The summed E-state index contributed by atoms with van der Waals surface area (Å²) in [7, 11) is 0. The second-order valence-electron chi connectivity index (χ2n) is 2.08. The highest BCUT2D eigenvalue weighted by Crippen LogP contribution is 2.32. The first-order chi connectivity index (χ1) is 5.65. The molecule has 0 radical (unpaired) electrons. The molecule has 5 heteroatoms. The lowest BCUT2D eigenvalue weighted by Crippen LogP contribution is -1.82. The van der Waals surface area contributed by atoms with E-state index < -0.39 is 0 Å². The molecule has 3 nitrogen and oxygen atoms in total. The van der Waals surface area contributed by atoms with Crippen molar-refractivity contribution in [1.82, 2.24) is 0 Å². The molecule has 64 valence electrons. The molecular formula is C7H5Br2NO2. The van der Waals surface area contributed by atoms with Crippen LogP contribution in [0.25, 0.3) is 0 Å². The highest BCUT2D eigenvalue weighted by Gasteiger charge is 2.03. The van der Waals surface area contributed by atoms with Gasteiger partial charge in [-0.05, 0) is 49.6 Å². The number of phenolic OH excluding ortho intramolecular Hbond substituents is 1. The third-order valence-corrected chi connectivity index (χ3v) is 2.46. The van der Waals surface area contributed by atoms with E-state index in [1.165, 1.54) is 6.21 Å². The summed E-state index contributed by atoms with van der Waals surface area (Å²) in [5, 5.41) is 20.4. The molecule has 1 aromatic rings. The lowest BCUT2D eigenvalue weighted by atomic mass is 10.2. The fourth-order valence-corrected chi connectivity index (χ4v) is 1.95. The minimum absolute atomic E-state index is 0.130. The van der Waals surface area contributed by atoms with Crippen molar-refractivity contribution in [3.63, 3.8) is 0 Å². The molecule has 0 atom stereocenters. The quantitative estimate of drug-likeness (QED) is 0.475. The lowest BCUT2D eigenvalue weighted by Gasteiger charge is -2.00. The zero-order chi connectivity index (χ0) is 9.14. The van der Waals surface area contributed by atoms with E-state index in [0.717, 1.165) is 0 Å². The SMILES string of the molecule is O/N=C/c1cc(Br)c(O)c(Br)c1. The Morgan fingerprint density at radius 2 is 1.75 bits per heavy atom. The lowest BCUT2D eigenvalue weighted by molar-refractivity contribution is 0.322. The maximum atomic E-state index is 9.30. The maximum Gasteiger partial charge on any atom is 0.143 e. The number of phenols is 1. The van der Waals surface area contributed by atoms with Gasteiger partial charge in [0.15, 0.2) is 0 Å². The van der Waals surface area contributed by atoms with Gasteiger partial charge in [-0.3, -0.25) is 0 Å². The maximum absolute atomic E-state index is 9.30. The van der Waals surface area contributed by atoms with Crippen molar-refractivity contribution in [2.24, 2.45) is 5.16 Å².